The van der Waals surface area contributed by atoms with Gasteiger partial charge in [-0.3, -0.25) is 14.9 Å². The summed E-state index contributed by atoms with van der Waals surface area (Å²) >= 11 is 5.78. The third-order valence-corrected chi connectivity index (χ3v) is 3.72. The van der Waals surface area contributed by atoms with Crippen LogP contribution >= 0.6 is 11.6 Å². The Kier molecular flexibility index (Phi) is 6.11. The van der Waals surface area contributed by atoms with Crippen molar-refractivity contribution in [2.45, 2.75) is 6.18 Å². The number of benzene rings is 2. The summed E-state index contributed by atoms with van der Waals surface area (Å²) in [4.78, 5) is 22.4. The zero-order chi connectivity index (χ0) is 20.2. The molecule has 0 radical (unpaired) electrons. The zero-order valence-electron chi connectivity index (χ0n) is 13.8. The molecule has 0 unspecified atom stereocenters. The van der Waals surface area contributed by atoms with Gasteiger partial charge in [0.25, 0.3) is 5.69 Å². The number of ether oxygens (including phenoxy) is 1. The number of amides is 1. The van der Waals surface area contributed by atoms with Crippen molar-refractivity contribution >= 4 is 34.6 Å². The summed E-state index contributed by atoms with van der Waals surface area (Å²) in [6.45, 7) is -0.367. The topological polar surface area (TPSA) is 93.5 Å². The molecule has 0 heterocycles. The standard InChI is InChI=1S/C16H13ClF3N3O4/c1-27-10-3-5-13(14(7-10)23(25)26)22-15(24)8-21-12-4-2-9(6-11(12)17)16(18,19)20/h2-7,21H,8H2,1H3,(H,22,24). The smallest absolute Gasteiger partial charge is 0.416 e. The Hall–Kier alpha value is -3.01. The van der Waals surface area contributed by atoms with Gasteiger partial charge in [-0.05, 0) is 30.3 Å². The highest BCUT2D eigenvalue weighted by atomic mass is 35.5. The van der Waals surface area contributed by atoms with Gasteiger partial charge in [-0.25, -0.2) is 0 Å². The third-order valence-electron chi connectivity index (χ3n) is 3.41. The number of nitro groups is 1. The number of anilines is 2. The van der Waals surface area contributed by atoms with E-state index in [1.807, 2.05) is 0 Å². The van der Waals surface area contributed by atoms with Crippen molar-refractivity contribution in [3.8, 4) is 5.75 Å². The molecular formula is C16H13ClF3N3O4. The quantitative estimate of drug-likeness (QED) is 0.553. The SMILES string of the molecule is COc1ccc(NC(=O)CNc2ccc(C(F)(F)F)cc2Cl)c([N+](=O)[O-])c1. The number of alkyl halides is 3. The van der Waals surface area contributed by atoms with E-state index < -0.39 is 22.6 Å². The number of nitrogens with one attached hydrogen (secondary N) is 2. The molecule has 0 aliphatic carbocycles. The lowest BCUT2D eigenvalue weighted by Gasteiger charge is -2.12. The predicted octanol–water partition coefficient (Wildman–Crippen LogP) is 4.33. The number of carbonyl (C=O) groups is 1. The third kappa shape index (κ3) is 5.23. The number of nitrogens with zero attached hydrogens (tertiary/aromatic N) is 1. The highest BCUT2D eigenvalue weighted by Crippen LogP contribution is 2.34. The van der Waals surface area contributed by atoms with Crippen molar-refractivity contribution in [1.82, 2.24) is 0 Å². The maximum atomic E-state index is 12.6. The second-order valence-corrected chi connectivity index (χ2v) is 5.64. The lowest BCUT2D eigenvalue weighted by molar-refractivity contribution is -0.384. The zero-order valence-corrected chi connectivity index (χ0v) is 14.5. The summed E-state index contributed by atoms with van der Waals surface area (Å²) in [5.41, 5.74) is -1.22. The molecule has 144 valence electrons. The Morgan fingerprint density at radius 1 is 1.22 bits per heavy atom. The van der Waals surface area contributed by atoms with Crippen LogP contribution in [0.25, 0.3) is 0 Å². The highest BCUT2D eigenvalue weighted by Gasteiger charge is 2.30. The van der Waals surface area contributed by atoms with E-state index in [1.165, 1.54) is 19.2 Å². The fraction of sp³-hybridized carbons (Fsp3) is 0.188. The van der Waals surface area contributed by atoms with Gasteiger partial charge in [-0.15, -0.1) is 0 Å². The second kappa shape index (κ2) is 8.12. The number of carbonyl (C=O) groups excluding carboxylic acids is 1. The molecular weight excluding hydrogens is 391 g/mol. The molecule has 27 heavy (non-hydrogen) atoms. The first kappa shape index (κ1) is 20.3. The average Bonchev–Trinajstić information content (AvgIpc) is 2.60. The van der Waals surface area contributed by atoms with E-state index in [1.54, 1.807) is 0 Å². The lowest BCUT2D eigenvalue weighted by atomic mass is 10.2. The normalized spacial score (nSPS) is 11.0. The van der Waals surface area contributed by atoms with Gasteiger partial charge >= 0.3 is 6.18 Å². The summed E-state index contributed by atoms with van der Waals surface area (Å²) in [6.07, 6.45) is -4.53. The highest BCUT2D eigenvalue weighted by molar-refractivity contribution is 6.33. The van der Waals surface area contributed by atoms with Crippen molar-refractivity contribution in [2.75, 3.05) is 24.3 Å². The number of methoxy groups -OCH3 is 1. The van der Waals surface area contributed by atoms with Crippen LogP contribution in [-0.4, -0.2) is 24.5 Å². The first-order valence-electron chi connectivity index (χ1n) is 7.34. The minimum atomic E-state index is -4.53. The van der Waals surface area contributed by atoms with E-state index in [4.69, 9.17) is 16.3 Å². The van der Waals surface area contributed by atoms with Crippen molar-refractivity contribution in [1.29, 1.82) is 0 Å². The summed E-state index contributed by atoms with van der Waals surface area (Å²) in [6, 6.07) is 6.53. The molecule has 0 aromatic heterocycles. The monoisotopic (exact) mass is 403 g/mol. The molecule has 11 heteroatoms. The van der Waals surface area contributed by atoms with Crippen LogP contribution in [0.4, 0.5) is 30.2 Å². The number of nitro benzene ring substituents is 1. The molecule has 2 N–H and O–H groups in total. The van der Waals surface area contributed by atoms with Crippen LogP contribution < -0.4 is 15.4 Å². The Bertz CT molecular complexity index is 874. The first-order valence-corrected chi connectivity index (χ1v) is 7.72. The number of hydrogen-bond donors (Lipinski definition) is 2. The van der Waals surface area contributed by atoms with Crippen molar-refractivity contribution in [3.63, 3.8) is 0 Å². The van der Waals surface area contributed by atoms with Crippen LogP contribution in [0.15, 0.2) is 36.4 Å². The molecule has 0 bridgehead atoms. The molecule has 0 atom stereocenters. The molecule has 2 aromatic rings. The molecule has 2 rings (SSSR count). The predicted molar refractivity (Wildman–Crippen MR) is 93.2 cm³/mol. The second-order valence-electron chi connectivity index (χ2n) is 5.23. The van der Waals surface area contributed by atoms with Gasteiger partial charge in [-0.1, -0.05) is 11.6 Å². The Balaban J connectivity index is 2.06. The average molecular weight is 404 g/mol. The van der Waals surface area contributed by atoms with Crippen molar-refractivity contribution in [2.24, 2.45) is 0 Å². The van der Waals surface area contributed by atoms with Crippen LogP contribution in [0, 0.1) is 10.1 Å². The molecule has 0 saturated heterocycles. The fourth-order valence-electron chi connectivity index (χ4n) is 2.10. The fourth-order valence-corrected chi connectivity index (χ4v) is 2.35. The van der Waals surface area contributed by atoms with Crippen LogP contribution in [0.5, 0.6) is 5.75 Å². The summed E-state index contributed by atoms with van der Waals surface area (Å²) in [5.74, 6) is -0.409. The van der Waals surface area contributed by atoms with E-state index in [2.05, 4.69) is 10.6 Å². The van der Waals surface area contributed by atoms with Crippen molar-refractivity contribution < 1.29 is 27.6 Å². The van der Waals surface area contributed by atoms with Gasteiger partial charge < -0.3 is 15.4 Å². The van der Waals surface area contributed by atoms with Gasteiger partial charge in [0.05, 0.1) is 40.9 Å². The molecule has 0 fully saturated rings. The first-order chi connectivity index (χ1) is 12.6. The number of halogens is 4. The molecule has 0 saturated carbocycles. The molecule has 0 spiro atoms. The van der Waals surface area contributed by atoms with Gasteiger partial charge in [0.1, 0.15) is 11.4 Å². The van der Waals surface area contributed by atoms with E-state index >= 15 is 0 Å². The van der Waals surface area contributed by atoms with E-state index in [0.717, 1.165) is 24.3 Å². The van der Waals surface area contributed by atoms with E-state index in [-0.39, 0.29) is 34.4 Å². The Morgan fingerprint density at radius 2 is 1.89 bits per heavy atom. The molecule has 1 amide bonds. The van der Waals surface area contributed by atoms with E-state index in [0.29, 0.717) is 0 Å². The minimum absolute atomic E-state index is 0.0499. The number of rotatable bonds is 6. The lowest BCUT2D eigenvalue weighted by Crippen LogP contribution is -2.22. The van der Waals surface area contributed by atoms with Crippen LogP contribution in [-0.2, 0) is 11.0 Å². The Labute approximate surface area is 156 Å². The van der Waals surface area contributed by atoms with Crippen molar-refractivity contribution in [3.05, 3.63) is 57.1 Å². The van der Waals surface area contributed by atoms with Gasteiger partial charge in [0.15, 0.2) is 0 Å². The molecule has 2 aromatic carbocycles. The van der Waals surface area contributed by atoms with Crippen LogP contribution in [0.2, 0.25) is 5.02 Å². The van der Waals surface area contributed by atoms with Gasteiger partial charge in [-0.2, -0.15) is 13.2 Å². The van der Waals surface area contributed by atoms with Gasteiger partial charge in [0, 0.05) is 0 Å². The molecule has 0 aliphatic rings. The van der Waals surface area contributed by atoms with Crippen LogP contribution in [0.3, 0.4) is 0 Å². The maximum Gasteiger partial charge on any atom is 0.416 e. The van der Waals surface area contributed by atoms with Crippen LogP contribution in [0.1, 0.15) is 5.56 Å². The maximum absolute atomic E-state index is 12.6. The largest absolute Gasteiger partial charge is 0.496 e. The summed E-state index contributed by atoms with van der Waals surface area (Å²) in [5, 5.41) is 15.8. The summed E-state index contributed by atoms with van der Waals surface area (Å²) < 4.78 is 42.7. The van der Waals surface area contributed by atoms with Gasteiger partial charge in [0.2, 0.25) is 5.91 Å². The molecule has 0 aliphatic heterocycles. The molecule has 7 nitrogen and oxygen atoms in total. The number of hydrogen-bond acceptors (Lipinski definition) is 5. The minimum Gasteiger partial charge on any atom is -0.496 e. The summed E-state index contributed by atoms with van der Waals surface area (Å²) in [7, 11) is 1.34. The Morgan fingerprint density at radius 3 is 2.44 bits per heavy atom. The van der Waals surface area contributed by atoms with E-state index in [9.17, 15) is 28.1 Å².